The molecule has 1 aliphatic heterocycles. The molecule has 1 atom stereocenters. The van der Waals surface area contributed by atoms with Crippen molar-refractivity contribution in [3.05, 3.63) is 28.8 Å². The Balaban J connectivity index is 1.73. The summed E-state index contributed by atoms with van der Waals surface area (Å²) in [7, 11) is -3.25. The van der Waals surface area contributed by atoms with Crippen molar-refractivity contribution in [3.63, 3.8) is 0 Å². The van der Waals surface area contributed by atoms with E-state index in [0.717, 1.165) is 43.2 Å². The molecule has 1 aliphatic carbocycles. The van der Waals surface area contributed by atoms with Crippen LogP contribution in [0.15, 0.2) is 12.1 Å². The Labute approximate surface area is 142 Å². The molecule has 0 saturated carbocycles. The number of benzene rings is 1. The van der Waals surface area contributed by atoms with Crippen molar-refractivity contribution < 1.29 is 18.3 Å². The molecular weight excluding hydrogens is 328 g/mol. The molecule has 0 aromatic heterocycles. The van der Waals surface area contributed by atoms with Gasteiger partial charge in [-0.05, 0) is 61.8 Å². The molecule has 1 unspecified atom stereocenters. The van der Waals surface area contributed by atoms with Crippen LogP contribution in [0.2, 0.25) is 0 Å². The van der Waals surface area contributed by atoms with Crippen molar-refractivity contribution in [2.24, 2.45) is 0 Å². The number of sulfonamides is 1. The number of hydrogen-bond acceptors (Lipinski definition) is 4. The van der Waals surface area contributed by atoms with Gasteiger partial charge in [0.05, 0.1) is 11.8 Å². The van der Waals surface area contributed by atoms with E-state index < -0.39 is 10.0 Å². The van der Waals surface area contributed by atoms with Crippen LogP contribution < -0.4 is 5.32 Å². The van der Waals surface area contributed by atoms with Crippen molar-refractivity contribution in [2.75, 3.05) is 19.3 Å². The third-order valence-corrected chi connectivity index (χ3v) is 6.16. The highest BCUT2D eigenvalue weighted by molar-refractivity contribution is 7.88. The molecule has 2 N–H and O–H groups in total. The molecule has 132 valence electrons. The zero-order valence-electron chi connectivity index (χ0n) is 13.9. The van der Waals surface area contributed by atoms with Gasteiger partial charge in [-0.25, -0.2) is 12.7 Å². The van der Waals surface area contributed by atoms with Gasteiger partial charge in [0.15, 0.2) is 0 Å². The number of aryl methyl sites for hydroxylation is 2. The fraction of sp³-hybridized carbons (Fsp3) is 0.588. The minimum atomic E-state index is -3.25. The molecular formula is C17H24N2O4S. The van der Waals surface area contributed by atoms with Gasteiger partial charge in [-0.3, -0.25) is 4.79 Å². The summed E-state index contributed by atoms with van der Waals surface area (Å²) < 4.78 is 24.7. The van der Waals surface area contributed by atoms with Crippen molar-refractivity contribution in [2.45, 2.75) is 44.6 Å². The Morgan fingerprint density at radius 3 is 2.54 bits per heavy atom. The lowest BCUT2D eigenvalue weighted by Gasteiger charge is -2.31. The molecule has 6 nitrogen and oxygen atoms in total. The normalized spacial score (nSPS) is 22.0. The van der Waals surface area contributed by atoms with Crippen LogP contribution in [0.4, 0.5) is 0 Å². The largest absolute Gasteiger partial charge is 0.507 e. The van der Waals surface area contributed by atoms with Gasteiger partial charge in [0.25, 0.3) is 5.91 Å². The first-order valence-corrected chi connectivity index (χ1v) is 10.3. The Morgan fingerprint density at radius 2 is 1.88 bits per heavy atom. The summed E-state index contributed by atoms with van der Waals surface area (Å²) in [6.07, 6.45) is 6.73. The van der Waals surface area contributed by atoms with Crippen LogP contribution in [0.1, 0.15) is 47.2 Å². The molecule has 0 spiro atoms. The lowest BCUT2D eigenvalue weighted by atomic mass is 9.89. The second-order valence-corrected chi connectivity index (χ2v) is 8.76. The predicted octanol–water partition coefficient (Wildman–Crippen LogP) is 1.42. The lowest BCUT2D eigenvalue weighted by molar-refractivity contribution is 0.0918. The SMILES string of the molecule is CS(=O)(=O)N1CCCC(NC(=O)c2cc3c(cc2O)CCCC3)C1. The first kappa shape index (κ1) is 17.2. The fourth-order valence-corrected chi connectivity index (χ4v) is 4.49. The molecule has 1 fully saturated rings. The Kier molecular flexibility index (Phi) is 4.83. The number of nitrogens with zero attached hydrogens (tertiary/aromatic N) is 1. The highest BCUT2D eigenvalue weighted by Crippen LogP contribution is 2.28. The summed E-state index contributed by atoms with van der Waals surface area (Å²) in [5.74, 6) is -0.329. The van der Waals surface area contributed by atoms with E-state index in [-0.39, 0.29) is 29.8 Å². The average Bonchev–Trinajstić information content (AvgIpc) is 2.53. The van der Waals surface area contributed by atoms with Crippen LogP contribution in [-0.4, -0.2) is 49.1 Å². The minimum Gasteiger partial charge on any atom is -0.507 e. The van der Waals surface area contributed by atoms with E-state index in [2.05, 4.69) is 5.32 Å². The van der Waals surface area contributed by atoms with Crippen LogP contribution in [0.5, 0.6) is 5.75 Å². The van der Waals surface area contributed by atoms with Crippen molar-refractivity contribution in [1.29, 1.82) is 0 Å². The molecule has 1 aromatic carbocycles. The summed E-state index contributed by atoms with van der Waals surface area (Å²) in [5, 5.41) is 13.1. The topological polar surface area (TPSA) is 86.7 Å². The van der Waals surface area contributed by atoms with E-state index in [9.17, 15) is 18.3 Å². The number of carbonyl (C=O) groups is 1. The average molecular weight is 352 g/mol. The van der Waals surface area contributed by atoms with Gasteiger partial charge in [-0.15, -0.1) is 0 Å². The van der Waals surface area contributed by atoms with Crippen LogP contribution in [0, 0.1) is 0 Å². The Bertz CT molecular complexity index is 745. The maximum atomic E-state index is 12.5. The third-order valence-electron chi connectivity index (χ3n) is 4.89. The van der Waals surface area contributed by atoms with Gasteiger partial charge in [0.2, 0.25) is 10.0 Å². The maximum Gasteiger partial charge on any atom is 0.255 e. The molecule has 7 heteroatoms. The minimum absolute atomic E-state index is 0.00364. The molecule has 1 heterocycles. The standard InChI is InChI=1S/C17H24N2O4S/c1-24(22,23)19-8-4-7-14(11-19)18-17(21)15-9-12-5-2-3-6-13(12)10-16(15)20/h9-10,14,20H,2-8,11H2,1H3,(H,18,21). The zero-order valence-corrected chi connectivity index (χ0v) is 14.7. The van der Waals surface area contributed by atoms with E-state index in [1.54, 1.807) is 12.1 Å². The maximum absolute atomic E-state index is 12.5. The van der Waals surface area contributed by atoms with E-state index >= 15 is 0 Å². The monoisotopic (exact) mass is 352 g/mol. The number of phenols is 1. The number of carbonyl (C=O) groups excluding carboxylic acids is 1. The number of amides is 1. The van der Waals surface area contributed by atoms with Gasteiger partial charge in [0.1, 0.15) is 5.75 Å². The van der Waals surface area contributed by atoms with Crippen LogP contribution in [0.3, 0.4) is 0 Å². The molecule has 1 aromatic rings. The molecule has 1 amide bonds. The van der Waals surface area contributed by atoms with E-state index in [1.165, 1.54) is 10.6 Å². The summed E-state index contributed by atoms with van der Waals surface area (Å²) >= 11 is 0. The van der Waals surface area contributed by atoms with E-state index in [0.29, 0.717) is 13.0 Å². The third kappa shape index (κ3) is 3.72. The summed E-state index contributed by atoms with van der Waals surface area (Å²) in [5.41, 5.74) is 2.54. The number of phenolic OH excluding ortho intramolecular Hbond substituents is 1. The molecule has 3 rings (SSSR count). The highest BCUT2D eigenvalue weighted by Gasteiger charge is 2.28. The van der Waals surface area contributed by atoms with Gasteiger partial charge in [-0.2, -0.15) is 0 Å². The van der Waals surface area contributed by atoms with Gasteiger partial charge in [-0.1, -0.05) is 0 Å². The molecule has 24 heavy (non-hydrogen) atoms. The summed E-state index contributed by atoms with van der Waals surface area (Å²) in [6, 6.07) is 3.26. The molecule has 0 bridgehead atoms. The van der Waals surface area contributed by atoms with Crippen molar-refractivity contribution in [3.8, 4) is 5.75 Å². The molecule has 2 aliphatic rings. The second kappa shape index (κ2) is 6.72. The van der Waals surface area contributed by atoms with Crippen LogP contribution in [-0.2, 0) is 22.9 Å². The van der Waals surface area contributed by atoms with E-state index in [1.807, 2.05) is 0 Å². The number of fused-ring (bicyclic) bond motifs is 1. The first-order chi connectivity index (χ1) is 11.3. The van der Waals surface area contributed by atoms with Crippen molar-refractivity contribution >= 4 is 15.9 Å². The van der Waals surface area contributed by atoms with Gasteiger partial charge in [0, 0.05) is 19.1 Å². The van der Waals surface area contributed by atoms with Crippen molar-refractivity contribution in [1.82, 2.24) is 9.62 Å². The lowest BCUT2D eigenvalue weighted by Crippen LogP contribution is -2.49. The Hall–Kier alpha value is -1.60. The van der Waals surface area contributed by atoms with Crippen LogP contribution in [0.25, 0.3) is 0 Å². The highest BCUT2D eigenvalue weighted by atomic mass is 32.2. The predicted molar refractivity (Wildman–Crippen MR) is 91.7 cm³/mol. The Morgan fingerprint density at radius 1 is 1.21 bits per heavy atom. The molecule has 0 radical (unpaired) electrons. The summed E-state index contributed by atoms with van der Waals surface area (Å²) in [4.78, 5) is 12.5. The smallest absolute Gasteiger partial charge is 0.255 e. The number of nitrogens with one attached hydrogen (secondary N) is 1. The number of piperidine rings is 1. The quantitative estimate of drug-likeness (QED) is 0.861. The zero-order chi connectivity index (χ0) is 17.3. The van der Waals surface area contributed by atoms with Gasteiger partial charge >= 0.3 is 0 Å². The van der Waals surface area contributed by atoms with Gasteiger partial charge < -0.3 is 10.4 Å². The molecule has 1 saturated heterocycles. The second-order valence-electron chi connectivity index (χ2n) is 6.78. The number of rotatable bonds is 3. The van der Waals surface area contributed by atoms with E-state index in [4.69, 9.17) is 0 Å². The fourth-order valence-electron chi connectivity index (χ4n) is 3.58. The number of hydrogen-bond donors (Lipinski definition) is 2. The first-order valence-electron chi connectivity index (χ1n) is 8.45. The number of aromatic hydroxyl groups is 1. The van der Waals surface area contributed by atoms with Crippen LogP contribution >= 0.6 is 0 Å². The summed E-state index contributed by atoms with van der Waals surface area (Å²) in [6.45, 7) is 0.783.